The number of benzene rings is 1. The summed E-state index contributed by atoms with van der Waals surface area (Å²) in [4.78, 5) is 4.37. The van der Waals surface area contributed by atoms with Crippen molar-refractivity contribution >= 4 is 35.9 Å². The van der Waals surface area contributed by atoms with E-state index in [1.54, 1.807) is 6.07 Å². The van der Waals surface area contributed by atoms with Gasteiger partial charge < -0.3 is 0 Å². The highest BCUT2D eigenvalue weighted by molar-refractivity contribution is 14.1. The number of pyridine rings is 1. The number of rotatable bonds is 1. The van der Waals surface area contributed by atoms with Gasteiger partial charge in [0.15, 0.2) is 0 Å². The van der Waals surface area contributed by atoms with Crippen LogP contribution in [-0.2, 0) is 0 Å². The van der Waals surface area contributed by atoms with E-state index in [4.69, 9.17) is 0 Å². The smallest absolute Gasteiger partial charge is 0.141 e. The number of aromatic nitrogens is 1. The maximum Gasteiger partial charge on any atom is 0.141 e. The van der Waals surface area contributed by atoms with Crippen molar-refractivity contribution in [2.45, 2.75) is 6.92 Å². The molecule has 1 aromatic carbocycles. The molecule has 0 unspecified atom stereocenters. The lowest BCUT2D eigenvalue weighted by Crippen LogP contribution is -2.08. The summed E-state index contributed by atoms with van der Waals surface area (Å²) in [6.45, 7) is 2.05. The Morgan fingerprint density at radius 1 is 1.31 bits per heavy atom. The van der Waals surface area contributed by atoms with Gasteiger partial charge in [-0.15, -0.1) is 0 Å². The molecule has 1 aromatic heterocycles. The van der Waals surface area contributed by atoms with E-state index >= 15 is 0 Å². The Bertz CT molecular complexity index is 543. The summed E-state index contributed by atoms with van der Waals surface area (Å²) in [6.07, 6.45) is 1.85. The Hall–Kier alpha value is -0.905. The molecule has 0 spiro atoms. The van der Waals surface area contributed by atoms with Gasteiger partial charge in [0.1, 0.15) is 13.7 Å². The summed E-state index contributed by atoms with van der Waals surface area (Å²) >= 11 is 2.13. The summed E-state index contributed by atoms with van der Waals surface area (Å²) in [6, 6.07) is 6.79. The van der Waals surface area contributed by atoms with E-state index in [0.29, 0.717) is 0 Å². The van der Waals surface area contributed by atoms with Crippen LogP contribution in [-0.4, -0.2) is 12.8 Å². The first-order valence-corrected chi connectivity index (χ1v) is 6.04. The van der Waals surface area contributed by atoms with Crippen LogP contribution in [0.4, 0.5) is 4.39 Å². The maximum atomic E-state index is 13.0. The third kappa shape index (κ3) is 2.26. The molecule has 0 bridgehead atoms. The fourth-order valence-electron chi connectivity index (χ4n) is 1.47. The lowest BCUT2D eigenvalue weighted by atomic mass is 9.92. The lowest BCUT2D eigenvalue weighted by molar-refractivity contribution is 0.627. The lowest BCUT2D eigenvalue weighted by Gasteiger charge is -2.06. The van der Waals surface area contributed by atoms with Gasteiger partial charge in [0, 0.05) is 15.3 Å². The molecule has 0 saturated carbocycles. The molecule has 1 nitrogen and oxygen atoms in total. The van der Waals surface area contributed by atoms with E-state index in [1.165, 1.54) is 23.2 Å². The van der Waals surface area contributed by atoms with Crippen LogP contribution in [0.3, 0.4) is 0 Å². The predicted octanol–water partition coefficient (Wildman–Crippen LogP) is 2.06. The molecule has 2 rings (SSSR count). The minimum atomic E-state index is -0.211. The highest BCUT2D eigenvalue weighted by Crippen LogP contribution is 2.24. The van der Waals surface area contributed by atoms with Crippen molar-refractivity contribution in [1.82, 2.24) is 4.98 Å². The highest BCUT2D eigenvalue weighted by atomic mass is 127. The normalized spacial score (nSPS) is 10.4. The summed E-state index contributed by atoms with van der Waals surface area (Å²) in [5, 5.41) is 0. The topological polar surface area (TPSA) is 12.9 Å². The zero-order valence-electron chi connectivity index (χ0n) is 9.09. The van der Waals surface area contributed by atoms with Gasteiger partial charge in [0.25, 0.3) is 0 Å². The number of hydrogen-bond acceptors (Lipinski definition) is 1. The number of nitrogens with zero attached hydrogens (tertiary/aromatic N) is 1. The summed E-state index contributed by atoms with van der Waals surface area (Å²) in [5.74, 6) is -0.211. The van der Waals surface area contributed by atoms with E-state index in [1.807, 2.05) is 20.1 Å². The quantitative estimate of drug-likeness (QED) is 0.578. The molecule has 1 heterocycles. The first-order chi connectivity index (χ1) is 7.58. The zero-order chi connectivity index (χ0) is 11.7. The van der Waals surface area contributed by atoms with Crippen molar-refractivity contribution in [3.63, 3.8) is 0 Å². The molecule has 16 heavy (non-hydrogen) atoms. The molecule has 80 valence electrons. The molecule has 0 amide bonds. The molecule has 2 aromatic rings. The molecular weight excluding hydrogens is 315 g/mol. The molecule has 0 atom stereocenters. The first-order valence-electron chi connectivity index (χ1n) is 4.96. The van der Waals surface area contributed by atoms with E-state index < -0.39 is 0 Å². The van der Waals surface area contributed by atoms with Crippen molar-refractivity contribution in [2.24, 2.45) is 0 Å². The van der Waals surface area contributed by atoms with Gasteiger partial charge in [-0.2, -0.15) is 0 Å². The second-order valence-corrected chi connectivity index (χ2v) is 4.94. The molecule has 0 radical (unpaired) electrons. The van der Waals surface area contributed by atoms with Crippen LogP contribution in [0.25, 0.3) is 11.3 Å². The molecule has 0 aliphatic heterocycles. The molecule has 0 aliphatic carbocycles. The Kier molecular flexibility index (Phi) is 3.28. The third-order valence-electron chi connectivity index (χ3n) is 2.58. The second kappa shape index (κ2) is 4.53. The van der Waals surface area contributed by atoms with Crippen LogP contribution in [0.2, 0.25) is 0 Å². The largest absolute Gasteiger partial charge is 0.257 e. The molecule has 0 N–H and O–H groups in total. The van der Waals surface area contributed by atoms with Gasteiger partial charge in [-0.25, -0.2) is 4.39 Å². The van der Waals surface area contributed by atoms with Crippen molar-refractivity contribution in [3.05, 3.63) is 45.4 Å². The van der Waals surface area contributed by atoms with Crippen LogP contribution >= 0.6 is 22.6 Å². The van der Waals surface area contributed by atoms with E-state index in [-0.39, 0.29) is 5.82 Å². The summed E-state index contributed by atoms with van der Waals surface area (Å²) in [5.41, 5.74) is 4.24. The summed E-state index contributed by atoms with van der Waals surface area (Å²) in [7, 11) is 2.03. The van der Waals surface area contributed by atoms with Crippen molar-refractivity contribution in [1.29, 1.82) is 0 Å². The number of aryl methyl sites for hydroxylation is 1. The van der Waals surface area contributed by atoms with Crippen LogP contribution in [0, 0.1) is 16.3 Å². The van der Waals surface area contributed by atoms with Gasteiger partial charge in [-0.05, 0) is 53.8 Å². The maximum absolute atomic E-state index is 13.0. The molecule has 0 aliphatic rings. The minimum absolute atomic E-state index is 0.211. The van der Waals surface area contributed by atoms with E-state index in [2.05, 4.69) is 34.5 Å². The standard InChI is InChI=1S/C12H10BFIN/c1-7-4-12(16-6-10(7)13)9-3-2-8(14)5-11(9)15/h2-6H,13H2,1H3. The molecule has 4 heteroatoms. The fourth-order valence-corrected chi connectivity index (χ4v) is 2.22. The Labute approximate surface area is 109 Å². The highest BCUT2D eigenvalue weighted by Gasteiger charge is 2.06. The van der Waals surface area contributed by atoms with Gasteiger partial charge in [0.2, 0.25) is 0 Å². The van der Waals surface area contributed by atoms with Gasteiger partial charge in [0.05, 0.1) is 5.69 Å². The molecular formula is C12H10BFIN. The SMILES string of the molecule is Bc1cnc(-c2ccc(F)cc2I)cc1C. The van der Waals surface area contributed by atoms with Crippen molar-refractivity contribution in [3.8, 4) is 11.3 Å². The van der Waals surface area contributed by atoms with Gasteiger partial charge >= 0.3 is 0 Å². The Morgan fingerprint density at radius 3 is 2.69 bits per heavy atom. The van der Waals surface area contributed by atoms with Crippen LogP contribution < -0.4 is 5.46 Å². The monoisotopic (exact) mass is 325 g/mol. The third-order valence-corrected chi connectivity index (χ3v) is 3.47. The first kappa shape index (κ1) is 11.6. The second-order valence-electron chi connectivity index (χ2n) is 3.78. The van der Waals surface area contributed by atoms with Crippen LogP contribution in [0.15, 0.2) is 30.5 Å². The Balaban J connectivity index is 2.54. The van der Waals surface area contributed by atoms with Crippen molar-refractivity contribution < 1.29 is 4.39 Å². The average molecular weight is 325 g/mol. The molecule has 0 saturated heterocycles. The summed E-state index contributed by atoms with van der Waals surface area (Å²) < 4.78 is 13.9. The number of halogens is 2. The van der Waals surface area contributed by atoms with E-state index in [9.17, 15) is 4.39 Å². The average Bonchev–Trinajstić information content (AvgIpc) is 2.22. The fraction of sp³-hybridized carbons (Fsp3) is 0.0833. The number of hydrogen-bond donors (Lipinski definition) is 0. The molecule has 0 fully saturated rings. The van der Waals surface area contributed by atoms with E-state index in [0.717, 1.165) is 14.8 Å². The van der Waals surface area contributed by atoms with Crippen LogP contribution in [0.5, 0.6) is 0 Å². The van der Waals surface area contributed by atoms with Crippen LogP contribution in [0.1, 0.15) is 5.56 Å². The van der Waals surface area contributed by atoms with Crippen molar-refractivity contribution in [2.75, 3.05) is 0 Å². The Morgan fingerprint density at radius 2 is 2.06 bits per heavy atom. The predicted molar refractivity (Wildman–Crippen MR) is 75.3 cm³/mol. The minimum Gasteiger partial charge on any atom is -0.257 e. The zero-order valence-corrected chi connectivity index (χ0v) is 11.2. The van der Waals surface area contributed by atoms with Gasteiger partial charge in [-0.3, -0.25) is 4.98 Å². The van der Waals surface area contributed by atoms with Gasteiger partial charge in [-0.1, -0.05) is 11.0 Å².